The molecule has 0 unspecified atom stereocenters. The number of nitrogens with one attached hydrogen (secondary N) is 1. The molecule has 2 heterocycles. The summed E-state index contributed by atoms with van der Waals surface area (Å²) in [5.74, 6) is -0.00541. The second-order valence-electron chi connectivity index (χ2n) is 4.71. The zero-order valence-corrected chi connectivity index (χ0v) is 11.7. The summed E-state index contributed by atoms with van der Waals surface area (Å²) in [6, 6.07) is 8.00. The van der Waals surface area contributed by atoms with Crippen LogP contribution in [-0.2, 0) is 4.79 Å². The van der Waals surface area contributed by atoms with E-state index in [-0.39, 0.29) is 5.91 Å². The number of nitrogens with zero attached hydrogens (tertiary/aromatic N) is 1. The van der Waals surface area contributed by atoms with E-state index in [1.165, 1.54) is 5.56 Å². The number of hydrogen-bond donors (Lipinski definition) is 1. The van der Waals surface area contributed by atoms with Gasteiger partial charge in [0.25, 0.3) is 0 Å². The van der Waals surface area contributed by atoms with Crippen LogP contribution in [0.5, 0.6) is 0 Å². The molecule has 0 radical (unpaired) electrons. The Kier molecular flexibility index (Phi) is 2.95. The van der Waals surface area contributed by atoms with Crippen LogP contribution in [0.4, 0.5) is 11.4 Å². The average Bonchev–Trinajstić information content (AvgIpc) is 2.83. The number of rotatable bonds is 1. The molecule has 96 valence electrons. The number of carbonyl (C=O) groups excluding carboxylic acids is 1. The molecule has 0 bridgehead atoms. The maximum absolute atomic E-state index is 12.0. The molecule has 1 aliphatic rings. The van der Waals surface area contributed by atoms with Gasteiger partial charge in [0.05, 0.1) is 23.5 Å². The van der Waals surface area contributed by atoms with E-state index in [1.807, 2.05) is 36.6 Å². The van der Waals surface area contributed by atoms with Gasteiger partial charge < -0.3 is 5.32 Å². The van der Waals surface area contributed by atoms with Gasteiger partial charge in [-0.3, -0.25) is 4.79 Å². The van der Waals surface area contributed by atoms with Crippen molar-refractivity contribution in [1.29, 1.82) is 0 Å². The van der Waals surface area contributed by atoms with Gasteiger partial charge in [0.15, 0.2) is 0 Å². The maximum atomic E-state index is 12.0. The number of carbonyl (C=O) groups is 1. The monoisotopic (exact) mass is 270 g/mol. The second-order valence-corrected chi connectivity index (χ2v) is 5.66. The maximum Gasteiger partial charge on any atom is 0.230 e. The minimum absolute atomic E-state index is 0.00541. The Morgan fingerprint density at radius 2 is 2.05 bits per heavy atom. The highest BCUT2D eigenvalue weighted by atomic mass is 32.1. The van der Waals surface area contributed by atoms with Crippen LogP contribution in [0.15, 0.2) is 34.6 Å². The number of benzene rings is 1. The fraction of sp³-hybridized carbons (Fsp3) is 0.200. The van der Waals surface area contributed by atoms with Gasteiger partial charge in [-0.15, -0.1) is 11.3 Å². The van der Waals surface area contributed by atoms with Gasteiger partial charge in [-0.2, -0.15) is 0 Å². The van der Waals surface area contributed by atoms with Gasteiger partial charge in [0, 0.05) is 4.88 Å². The summed E-state index contributed by atoms with van der Waals surface area (Å²) in [7, 11) is 0. The van der Waals surface area contributed by atoms with Crippen LogP contribution in [0, 0.1) is 13.8 Å². The minimum atomic E-state index is -0.00541. The van der Waals surface area contributed by atoms with Gasteiger partial charge >= 0.3 is 0 Å². The molecule has 3 rings (SSSR count). The third kappa shape index (κ3) is 2.31. The third-order valence-electron chi connectivity index (χ3n) is 3.28. The molecule has 1 amide bonds. The minimum Gasteiger partial charge on any atom is -0.324 e. The van der Waals surface area contributed by atoms with Crippen LogP contribution >= 0.6 is 11.3 Å². The van der Waals surface area contributed by atoms with Crippen LogP contribution in [0.1, 0.15) is 22.4 Å². The van der Waals surface area contributed by atoms with E-state index in [9.17, 15) is 4.79 Å². The zero-order chi connectivity index (χ0) is 13.4. The summed E-state index contributed by atoms with van der Waals surface area (Å²) in [4.78, 5) is 17.7. The highest BCUT2D eigenvalue weighted by molar-refractivity contribution is 7.12. The van der Waals surface area contributed by atoms with E-state index >= 15 is 0 Å². The second kappa shape index (κ2) is 4.63. The quantitative estimate of drug-likeness (QED) is 0.840. The van der Waals surface area contributed by atoms with Gasteiger partial charge in [-0.05, 0) is 48.6 Å². The van der Waals surface area contributed by atoms with Crippen LogP contribution in [0.25, 0.3) is 0 Å². The predicted molar refractivity (Wildman–Crippen MR) is 79.7 cm³/mol. The number of fused-ring (bicyclic) bond motifs is 1. The molecule has 3 nitrogen and oxygen atoms in total. The number of amides is 1. The highest BCUT2D eigenvalue weighted by Crippen LogP contribution is 2.32. The lowest BCUT2D eigenvalue weighted by molar-refractivity contribution is -0.115. The molecule has 1 aliphatic heterocycles. The van der Waals surface area contributed by atoms with Crippen molar-refractivity contribution in [2.75, 3.05) is 5.32 Å². The summed E-state index contributed by atoms with van der Waals surface area (Å²) >= 11 is 1.61. The lowest BCUT2D eigenvalue weighted by Crippen LogP contribution is -2.14. The van der Waals surface area contributed by atoms with E-state index in [2.05, 4.69) is 17.2 Å². The first-order chi connectivity index (χ1) is 9.13. The molecule has 0 saturated carbocycles. The predicted octanol–water partition coefficient (Wildman–Crippen LogP) is 3.83. The van der Waals surface area contributed by atoms with Gasteiger partial charge in [-0.1, -0.05) is 6.07 Å². The standard InChI is InChI=1S/C15H14N2OS/c1-9-6-11-12(7-10(9)2)17-15(18)8-13(16-11)14-4-3-5-19-14/h3-7H,8H2,1-2H3,(H,17,18). The van der Waals surface area contributed by atoms with E-state index in [0.29, 0.717) is 6.42 Å². The molecular weight excluding hydrogens is 256 g/mol. The van der Waals surface area contributed by atoms with Crippen molar-refractivity contribution >= 4 is 34.3 Å². The molecule has 0 aliphatic carbocycles. The van der Waals surface area contributed by atoms with E-state index in [1.54, 1.807) is 11.3 Å². The first-order valence-electron chi connectivity index (χ1n) is 6.16. The van der Waals surface area contributed by atoms with Gasteiger partial charge in [-0.25, -0.2) is 4.99 Å². The molecule has 2 aromatic rings. The van der Waals surface area contributed by atoms with E-state index in [0.717, 1.165) is 27.5 Å². The molecule has 4 heteroatoms. The largest absolute Gasteiger partial charge is 0.324 e. The molecule has 1 aromatic heterocycles. The zero-order valence-electron chi connectivity index (χ0n) is 10.9. The Morgan fingerprint density at radius 1 is 1.26 bits per heavy atom. The Labute approximate surface area is 116 Å². The van der Waals surface area contributed by atoms with Crippen LogP contribution in [0.3, 0.4) is 0 Å². The topological polar surface area (TPSA) is 41.5 Å². The lowest BCUT2D eigenvalue weighted by atomic mass is 10.1. The SMILES string of the molecule is Cc1cc2c(cc1C)NC(=O)CC(c1cccs1)=N2. The molecule has 0 spiro atoms. The fourth-order valence-corrected chi connectivity index (χ4v) is 2.82. The van der Waals surface area contributed by atoms with Crippen molar-refractivity contribution in [3.05, 3.63) is 45.6 Å². The molecule has 0 atom stereocenters. The Morgan fingerprint density at radius 3 is 2.79 bits per heavy atom. The number of thiophene rings is 1. The van der Waals surface area contributed by atoms with Gasteiger partial charge in [0.2, 0.25) is 5.91 Å². The van der Waals surface area contributed by atoms with Crippen molar-refractivity contribution in [3.63, 3.8) is 0 Å². The smallest absolute Gasteiger partial charge is 0.230 e. The first-order valence-corrected chi connectivity index (χ1v) is 7.04. The Balaban J connectivity index is 2.15. The first kappa shape index (κ1) is 12.1. The Bertz CT molecular complexity index is 672. The number of hydrogen-bond acceptors (Lipinski definition) is 3. The number of aliphatic imine (C=N–C) groups is 1. The number of aryl methyl sites for hydroxylation is 2. The molecule has 19 heavy (non-hydrogen) atoms. The molecule has 1 aromatic carbocycles. The van der Waals surface area contributed by atoms with E-state index in [4.69, 9.17) is 0 Å². The summed E-state index contributed by atoms with van der Waals surface area (Å²) in [6.07, 6.45) is 0.327. The summed E-state index contributed by atoms with van der Waals surface area (Å²) in [5, 5.41) is 4.94. The molecule has 0 fully saturated rings. The third-order valence-corrected chi connectivity index (χ3v) is 4.19. The molecular formula is C15H14N2OS. The summed E-state index contributed by atoms with van der Waals surface area (Å²) < 4.78 is 0. The highest BCUT2D eigenvalue weighted by Gasteiger charge is 2.18. The fourth-order valence-electron chi connectivity index (χ4n) is 2.11. The van der Waals surface area contributed by atoms with Crippen LogP contribution in [-0.4, -0.2) is 11.6 Å². The summed E-state index contributed by atoms with van der Waals surface area (Å²) in [5.41, 5.74) is 4.84. The van der Waals surface area contributed by atoms with Crippen molar-refractivity contribution in [1.82, 2.24) is 0 Å². The molecule has 1 N–H and O–H groups in total. The van der Waals surface area contributed by atoms with Gasteiger partial charge in [0.1, 0.15) is 0 Å². The van der Waals surface area contributed by atoms with Crippen LogP contribution in [0.2, 0.25) is 0 Å². The normalized spacial score (nSPS) is 14.4. The van der Waals surface area contributed by atoms with Crippen molar-refractivity contribution < 1.29 is 4.79 Å². The van der Waals surface area contributed by atoms with Crippen molar-refractivity contribution in [2.24, 2.45) is 4.99 Å². The van der Waals surface area contributed by atoms with Crippen molar-refractivity contribution in [2.45, 2.75) is 20.3 Å². The Hall–Kier alpha value is -1.94. The van der Waals surface area contributed by atoms with Crippen LogP contribution < -0.4 is 5.32 Å². The number of anilines is 1. The average molecular weight is 270 g/mol. The lowest BCUT2D eigenvalue weighted by Gasteiger charge is -2.08. The van der Waals surface area contributed by atoms with Crippen molar-refractivity contribution in [3.8, 4) is 0 Å². The molecule has 0 saturated heterocycles. The summed E-state index contributed by atoms with van der Waals surface area (Å²) in [6.45, 7) is 4.10. The van der Waals surface area contributed by atoms with E-state index < -0.39 is 0 Å².